The van der Waals surface area contributed by atoms with Gasteiger partial charge in [0.05, 0.1) is 15.6 Å². The minimum Gasteiger partial charge on any atom is -0.321 e. The third-order valence-electron chi connectivity index (χ3n) is 3.27. The Bertz CT molecular complexity index is 825. The lowest BCUT2D eigenvalue weighted by Crippen LogP contribution is -2.09. The number of aryl methyl sites for hydroxylation is 2. The molecule has 0 unspecified atom stereocenters. The predicted molar refractivity (Wildman–Crippen MR) is 96.7 cm³/mol. The van der Waals surface area contributed by atoms with Gasteiger partial charge in [-0.05, 0) is 48.7 Å². The van der Waals surface area contributed by atoms with Crippen molar-refractivity contribution in [1.29, 1.82) is 0 Å². The van der Waals surface area contributed by atoms with Gasteiger partial charge in [-0.1, -0.05) is 35.3 Å². The predicted octanol–water partition coefficient (Wildman–Crippen LogP) is 5.17. The van der Waals surface area contributed by atoms with E-state index in [-0.39, 0.29) is 16.6 Å². The maximum Gasteiger partial charge on any atom is 0.288 e. The summed E-state index contributed by atoms with van der Waals surface area (Å²) in [5, 5.41) is 14.1. The van der Waals surface area contributed by atoms with Crippen LogP contribution in [0.15, 0.2) is 36.4 Å². The lowest BCUT2D eigenvalue weighted by atomic mass is 10.1. The smallest absolute Gasteiger partial charge is 0.288 e. The summed E-state index contributed by atoms with van der Waals surface area (Å²) in [6, 6.07) is 7.97. The van der Waals surface area contributed by atoms with Crippen molar-refractivity contribution >= 4 is 46.6 Å². The molecule has 0 aromatic heterocycles. The molecule has 0 aliphatic carbocycles. The first-order valence-electron chi connectivity index (χ1n) is 6.97. The van der Waals surface area contributed by atoms with E-state index in [0.29, 0.717) is 16.3 Å². The van der Waals surface area contributed by atoms with E-state index in [1.54, 1.807) is 12.1 Å². The molecule has 24 heavy (non-hydrogen) atoms. The van der Waals surface area contributed by atoms with Gasteiger partial charge in [-0.15, -0.1) is 0 Å². The van der Waals surface area contributed by atoms with E-state index in [2.05, 4.69) is 5.32 Å². The summed E-state index contributed by atoms with van der Waals surface area (Å²) in [4.78, 5) is 22.3. The summed E-state index contributed by atoms with van der Waals surface area (Å²) in [5.41, 5.74) is 2.67. The van der Waals surface area contributed by atoms with Crippen LogP contribution in [0, 0.1) is 24.0 Å². The first kappa shape index (κ1) is 18.0. The van der Waals surface area contributed by atoms with E-state index >= 15 is 0 Å². The second-order valence-corrected chi connectivity index (χ2v) is 6.04. The Labute approximate surface area is 149 Å². The maximum absolute atomic E-state index is 12.0. The Morgan fingerprint density at radius 1 is 1.17 bits per heavy atom. The van der Waals surface area contributed by atoms with Gasteiger partial charge < -0.3 is 5.32 Å². The highest BCUT2D eigenvalue weighted by atomic mass is 35.5. The molecule has 5 nitrogen and oxygen atoms in total. The molecule has 0 atom stereocenters. The normalized spacial score (nSPS) is 10.8. The highest BCUT2D eigenvalue weighted by Crippen LogP contribution is 2.28. The number of hydrogen-bond acceptors (Lipinski definition) is 3. The Morgan fingerprint density at radius 3 is 2.50 bits per heavy atom. The van der Waals surface area contributed by atoms with Crippen LogP contribution < -0.4 is 5.32 Å². The van der Waals surface area contributed by atoms with Crippen LogP contribution in [0.1, 0.15) is 16.7 Å². The van der Waals surface area contributed by atoms with Gasteiger partial charge in [-0.2, -0.15) is 0 Å². The van der Waals surface area contributed by atoms with Gasteiger partial charge in [0, 0.05) is 12.1 Å². The van der Waals surface area contributed by atoms with Gasteiger partial charge in [0.1, 0.15) is 5.02 Å². The number of rotatable bonds is 4. The lowest BCUT2D eigenvalue weighted by molar-refractivity contribution is -0.384. The quantitative estimate of drug-likeness (QED) is 0.462. The number of halogens is 2. The first-order valence-corrected chi connectivity index (χ1v) is 7.73. The first-order chi connectivity index (χ1) is 11.3. The molecule has 0 saturated heterocycles. The van der Waals surface area contributed by atoms with E-state index < -0.39 is 4.92 Å². The molecule has 0 spiro atoms. The molecule has 0 radical (unpaired) electrons. The number of benzene rings is 2. The topological polar surface area (TPSA) is 72.2 Å². The zero-order chi connectivity index (χ0) is 17.9. The van der Waals surface area contributed by atoms with Crippen molar-refractivity contribution in [3.05, 3.63) is 73.3 Å². The standard InChI is InChI=1S/C17H14Cl2N2O3/c1-10-7-11(2)17(14(19)8-10)20-16(22)6-4-12-3-5-13(18)15(9-12)21(23)24/h3-9H,1-2H3,(H,20,22)/b6-4+. The highest BCUT2D eigenvalue weighted by molar-refractivity contribution is 6.34. The number of anilines is 1. The summed E-state index contributed by atoms with van der Waals surface area (Å²) in [7, 11) is 0. The molecule has 0 heterocycles. The molecule has 0 aliphatic heterocycles. The van der Waals surface area contributed by atoms with Crippen LogP contribution in [-0.4, -0.2) is 10.8 Å². The minimum absolute atomic E-state index is 0.0451. The Kier molecular flexibility index (Phi) is 5.59. The van der Waals surface area contributed by atoms with Crippen molar-refractivity contribution in [2.24, 2.45) is 0 Å². The fraction of sp³-hybridized carbons (Fsp3) is 0.118. The molecule has 124 valence electrons. The average molecular weight is 365 g/mol. The van der Waals surface area contributed by atoms with Crippen molar-refractivity contribution in [2.45, 2.75) is 13.8 Å². The summed E-state index contributed by atoms with van der Waals surface area (Å²) >= 11 is 11.9. The molecule has 1 N–H and O–H groups in total. The van der Waals surface area contributed by atoms with Gasteiger partial charge >= 0.3 is 0 Å². The molecule has 7 heteroatoms. The minimum atomic E-state index is -0.574. The van der Waals surface area contributed by atoms with Crippen LogP contribution in [0.25, 0.3) is 6.08 Å². The van der Waals surface area contributed by atoms with Gasteiger partial charge in [0.25, 0.3) is 5.69 Å². The lowest BCUT2D eigenvalue weighted by Gasteiger charge is -2.10. The van der Waals surface area contributed by atoms with E-state index in [9.17, 15) is 14.9 Å². The number of amides is 1. The fourth-order valence-electron chi connectivity index (χ4n) is 2.18. The monoisotopic (exact) mass is 364 g/mol. The highest BCUT2D eigenvalue weighted by Gasteiger charge is 2.12. The maximum atomic E-state index is 12.0. The summed E-state index contributed by atoms with van der Waals surface area (Å²) in [6.45, 7) is 3.76. The number of carbonyl (C=O) groups is 1. The zero-order valence-corrected chi connectivity index (χ0v) is 14.5. The molecule has 2 aromatic carbocycles. The Morgan fingerprint density at radius 2 is 1.88 bits per heavy atom. The van der Waals surface area contributed by atoms with E-state index in [4.69, 9.17) is 23.2 Å². The number of nitro benzene ring substituents is 1. The molecule has 2 aromatic rings. The molecule has 0 bridgehead atoms. The van der Waals surface area contributed by atoms with Gasteiger partial charge in [0.2, 0.25) is 5.91 Å². The molecule has 1 amide bonds. The van der Waals surface area contributed by atoms with Crippen LogP contribution >= 0.6 is 23.2 Å². The van der Waals surface area contributed by atoms with Crippen molar-refractivity contribution in [1.82, 2.24) is 0 Å². The number of carbonyl (C=O) groups excluding carboxylic acids is 1. The van der Waals surface area contributed by atoms with Crippen molar-refractivity contribution in [3.8, 4) is 0 Å². The van der Waals surface area contributed by atoms with Crippen LogP contribution in [0.4, 0.5) is 11.4 Å². The summed E-state index contributed by atoms with van der Waals surface area (Å²) in [6.07, 6.45) is 2.75. The SMILES string of the molecule is Cc1cc(C)c(NC(=O)/C=C/c2ccc(Cl)c([N+](=O)[O-])c2)c(Cl)c1. The molecule has 0 fully saturated rings. The second kappa shape index (κ2) is 7.47. The third kappa shape index (κ3) is 4.34. The van der Waals surface area contributed by atoms with Crippen LogP contribution in [0.3, 0.4) is 0 Å². The largest absolute Gasteiger partial charge is 0.321 e. The van der Waals surface area contributed by atoms with Crippen LogP contribution in [0.2, 0.25) is 10.0 Å². The van der Waals surface area contributed by atoms with Crippen LogP contribution in [0.5, 0.6) is 0 Å². The van der Waals surface area contributed by atoms with Crippen molar-refractivity contribution < 1.29 is 9.72 Å². The van der Waals surface area contributed by atoms with Gasteiger partial charge in [-0.25, -0.2) is 0 Å². The van der Waals surface area contributed by atoms with Crippen molar-refractivity contribution in [2.75, 3.05) is 5.32 Å². The molecule has 2 rings (SSSR count). The average Bonchev–Trinajstić information content (AvgIpc) is 2.49. The number of nitrogens with one attached hydrogen (secondary N) is 1. The Balaban J connectivity index is 2.17. The zero-order valence-electron chi connectivity index (χ0n) is 13.0. The third-order valence-corrected chi connectivity index (χ3v) is 3.89. The van der Waals surface area contributed by atoms with E-state index in [0.717, 1.165) is 11.1 Å². The van der Waals surface area contributed by atoms with E-state index in [1.807, 2.05) is 19.9 Å². The summed E-state index contributed by atoms with van der Waals surface area (Å²) < 4.78 is 0. The van der Waals surface area contributed by atoms with Gasteiger partial charge in [-0.3, -0.25) is 14.9 Å². The van der Waals surface area contributed by atoms with E-state index in [1.165, 1.54) is 24.3 Å². The number of hydrogen-bond donors (Lipinski definition) is 1. The molecule has 0 aliphatic rings. The second-order valence-electron chi connectivity index (χ2n) is 5.23. The number of nitro groups is 1. The number of nitrogens with zero attached hydrogens (tertiary/aromatic N) is 1. The van der Waals surface area contributed by atoms with Crippen LogP contribution in [-0.2, 0) is 4.79 Å². The Hall–Kier alpha value is -2.37. The van der Waals surface area contributed by atoms with Gasteiger partial charge in [0.15, 0.2) is 0 Å². The molecular formula is C17H14Cl2N2O3. The van der Waals surface area contributed by atoms with Crippen molar-refractivity contribution in [3.63, 3.8) is 0 Å². The molecule has 0 saturated carbocycles. The summed E-state index contributed by atoms with van der Waals surface area (Å²) in [5.74, 6) is -0.388. The molecular weight excluding hydrogens is 351 g/mol. The fourth-order valence-corrected chi connectivity index (χ4v) is 2.74.